The number of piperazine rings is 1. The number of carbonyl (C=O) groups is 1. The van der Waals surface area contributed by atoms with Gasteiger partial charge in [-0.25, -0.2) is 0 Å². The van der Waals surface area contributed by atoms with Gasteiger partial charge in [0.1, 0.15) is 0 Å². The van der Waals surface area contributed by atoms with Crippen LogP contribution in [0.5, 0.6) is 0 Å². The van der Waals surface area contributed by atoms with Crippen molar-refractivity contribution in [3.05, 3.63) is 29.6 Å². The molecular weight excluding hydrogens is 264 g/mol. The van der Waals surface area contributed by atoms with E-state index in [4.69, 9.17) is 5.73 Å². The van der Waals surface area contributed by atoms with Gasteiger partial charge in [0.15, 0.2) is 0 Å². The fraction of sp³-hybridized carbons (Fsp3) is 0.500. The molecule has 21 heavy (non-hydrogen) atoms. The molecule has 0 radical (unpaired) electrons. The number of pyridine rings is 1. The maximum absolute atomic E-state index is 12.5. The fourth-order valence-electron chi connectivity index (χ4n) is 2.45. The van der Waals surface area contributed by atoms with Gasteiger partial charge < -0.3 is 10.6 Å². The van der Waals surface area contributed by atoms with E-state index in [9.17, 15) is 4.79 Å². The standard InChI is InChI=1S/C16H22N4O/c1-2-6-19-7-9-20(10-8-19)16(21)15-11-14(4-3-5-17)12-18-13-15/h11-13H,2,5-10,17H2,1H3. The van der Waals surface area contributed by atoms with Crippen LogP contribution >= 0.6 is 0 Å². The van der Waals surface area contributed by atoms with Crippen LogP contribution < -0.4 is 5.73 Å². The molecule has 1 amide bonds. The number of nitrogens with two attached hydrogens (primary N) is 1. The first-order valence-corrected chi connectivity index (χ1v) is 7.40. The summed E-state index contributed by atoms with van der Waals surface area (Å²) in [6, 6.07) is 1.79. The summed E-state index contributed by atoms with van der Waals surface area (Å²) < 4.78 is 0. The fourth-order valence-corrected chi connectivity index (χ4v) is 2.45. The highest BCUT2D eigenvalue weighted by Gasteiger charge is 2.21. The van der Waals surface area contributed by atoms with Crippen molar-refractivity contribution in [2.24, 2.45) is 5.73 Å². The Labute approximate surface area is 126 Å². The van der Waals surface area contributed by atoms with Gasteiger partial charge in [-0.1, -0.05) is 18.8 Å². The number of hydrogen-bond donors (Lipinski definition) is 1. The van der Waals surface area contributed by atoms with E-state index in [1.807, 2.05) is 4.90 Å². The summed E-state index contributed by atoms with van der Waals surface area (Å²) in [6.07, 6.45) is 4.41. The van der Waals surface area contributed by atoms with Gasteiger partial charge in [-0.2, -0.15) is 0 Å². The average Bonchev–Trinajstić information content (AvgIpc) is 2.53. The second kappa shape index (κ2) is 7.77. The molecule has 2 N–H and O–H groups in total. The number of amides is 1. The Balaban J connectivity index is 2.00. The Kier molecular flexibility index (Phi) is 5.73. The van der Waals surface area contributed by atoms with E-state index in [1.54, 1.807) is 18.5 Å². The number of aromatic nitrogens is 1. The highest BCUT2D eigenvalue weighted by atomic mass is 16.2. The zero-order chi connectivity index (χ0) is 15.1. The number of rotatable bonds is 3. The quantitative estimate of drug-likeness (QED) is 0.825. The first-order valence-electron chi connectivity index (χ1n) is 7.40. The maximum atomic E-state index is 12.5. The molecule has 0 aromatic carbocycles. The van der Waals surface area contributed by atoms with Crippen LogP contribution in [0.1, 0.15) is 29.3 Å². The number of carbonyl (C=O) groups excluding carboxylic acids is 1. The van der Waals surface area contributed by atoms with Gasteiger partial charge >= 0.3 is 0 Å². The second-order valence-corrected chi connectivity index (χ2v) is 5.10. The molecule has 0 spiro atoms. The van der Waals surface area contributed by atoms with Crippen LogP contribution in [0.2, 0.25) is 0 Å². The normalized spacial score (nSPS) is 15.4. The molecule has 2 heterocycles. The Morgan fingerprint density at radius 1 is 1.33 bits per heavy atom. The van der Waals surface area contributed by atoms with Crippen LogP contribution in [0.25, 0.3) is 0 Å². The van der Waals surface area contributed by atoms with Crippen LogP contribution in [0.3, 0.4) is 0 Å². The van der Waals surface area contributed by atoms with E-state index >= 15 is 0 Å². The van der Waals surface area contributed by atoms with Gasteiger partial charge in [0, 0.05) is 44.1 Å². The molecule has 1 aromatic rings. The van der Waals surface area contributed by atoms with E-state index < -0.39 is 0 Å². The van der Waals surface area contributed by atoms with Crippen molar-refractivity contribution in [3.63, 3.8) is 0 Å². The smallest absolute Gasteiger partial charge is 0.255 e. The predicted octanol–water partition coefficient (Wildman–Crippen LogP) is 0.560. The third-order valence-electron chi connectivity index (χ3n) is 3.52. The topological polar surface area (TPSA) is 62.5 Å². The lowest BCUT2D eigenvalue weighted by Gasteiger charge is -2.34. The summed E-state index contributed by atoms with van der Waals surface area (Å²) >= 11 is 0. The summed E-state index contributed by atoms with van der Waals surface area (Å²) in [5.41, 5.74) is 6.69. The molecule has 0 bridgehead atoms. The third kappa shape index (κ3) is 4.28. The van der Waals surface area contributed by atoms with Crippen molar-refractivity contribution >= 4 is 5.91 Å². The van der Waals surface area contributed by atoms with Crippen molar-refractivity contribution in [2.45, 2.75) is 13.3 Å². The van der Waals surface area contributed by atoms with Gasteiger partial charge in [0.2, 0.25) is 0 Å². The predicted molar refractivity (Wildman–Crippen MR) is 82.8 cm³/mol. The highest BCUT2D eigenvalue weighted by molar-refractivity contribution is 5.94. The largest absolute Gasteiger partial charge is 0.336 e. The average molecular weight is 286 g/mol. The molecule has 112 valence electrons. The van der Waals surface area contributed by atoms with Crippen molar-refractivity contribution < 1.29 is 4.79 Å². The van der Waals surface area contributed by atoms with E-state index in [0.29, 0.717) is 12.1 Å². The van der Waals surface area contributed by atoms with E-state index in [0.717, 1.165) is 44.7 Å². The van der Waals surface area contributed by atoms with Gasteiger partial charge in [-0.3, -0.25) is 14.7 Å². The minimum absolute atomic E-state index is 0.0371. The molecule has 1 aromatic heterocycles. The Bertz CT molecular complexity index is 539. The third-order valence-corrected chi connectivity index (χ3v) is 3.52. The van der Waals surface area contributed by atoms with Gasteiger partial charge in [0.25, 0.3) is 5.91 Å². The molecule has 1 aliphatic heterocycles. The summed E-state index contributed by atoms with van der Waals surface area (Å²) in [5.74, 6) is 5.72. The monoisotopic (exact) mass is 286 g/mol. The Morgan fingerprint density at radius 3 is 2.76 bits per heavy atom. The molecule has 5 nitrogen and oxygen atoms in total. The second-order valence-electron chi connectivity index (χ2n) is 5.10. The lowest BCUT2D eigenvalue weighted by Crippen LogP contribution is -2.48. The van der Waals surface area contributed by atoms with E-state index in [-0.39, 0.29) is 5.91 Å². The summed E-state index contributed by atoms with van der Waals surface area (Å²) in [4.78, 5) is 20.9. The van der Waals surface area contributed by atoms with Crippen LogP contribution in [0.4, 0.5) is 0 Å². The lowest BCUT2D eigenvalue weighted by molar-refractivity contribution is 0.0637. The number of hydrogen-bond acceptors (Lipinski definition) is 4. The molecule has 1 saturated heterocycles. The Morgan fingerprint density at radius 2 is 2.10 bits per heavy atom. The van der Waals surface area contributed by atoms with E-state index in [1.165, 1.54) is 0 Å². The summed E-state index contributed by atoms with van der Waals surface area (Å²) in [6.45, 7) is 7.02. The SMILES string of the molecule is CCCN1CCN(C(=O)c2cncc(C#CCN)c2)CC1. The summed E-state index contributed by atoms with van der Waals surface area (Å²) in [7, 11) is 0. The minimum atomic E-state index is 0.0371. The van der Waals surface area contributed by atoms with Gasteiger partial charge in [0.05, 0.1) is 12.1 Å². The zero-order valence-electron chi connectivity index (χ0n) is 12.5. The van der Waals surface area contributed by atoms with Crippen LogP contribution in [0, 0.1) is 11.8 Å². The van der Waals surface area contributed by atoms with E-state index in [2.05, 4.69) is 28.6 Å². The molecule has 1 aliphatic rings. The van der Waals surface area contributed by atoms with Gasteiger partial charge in [-0.05, 0) is 19.0 Å². The Hall–Kier alpha value is -1.90. The maximum Gasteiger partial charge on any atom is 0.255 e. The van der Waals surface area contributed by atoms with Crippen molar-refractivity contribution in [1.29, 1.82) is 0 Å². The van der Waals surface area contributed by atoms with Crippen LogP contribution in [-0.2, 0) is 0 Å². The molecule has 2 rings (SSSR count). The number of nitrogens with zero attached hydrogens (tertiary/aromatic N) is 3. The van der Waals surface area contributed by atoms with Crippen LogP contribution in [0.15, 0.2) is 18.5 Å². The zero-order valence-corrected chi connectivity index (χ0v) is 12.5. The first kappa shape index (κ1) is 15.5. The molecule has 0 unspecified atom stereocenters. The molecule has 0 atom stereocenters. The molecule has 0 aliphatic carbocycles. The summed E-state index contributed by atoms with van der Waals surface area (Å²) in [5, 5.41) is 0. The first-order chi connectivity index (χ1) is 10.2. The van der Waals surface area contributed by atoms with Crippen molar-refractivity contribution in [3.8, 4) is 11.8 Å². The molecular formula is C16H22N4O. The lowest BCUT2D eigenvalue weighted by atomic mass is 10.1. The van der Waals surface area contributed by atoms with Crippen LogP contribution in [-0.4, -0.2) is 60.0 Å². The molecule has 0 saturated carbocycles. The highest BCUT2D eigenvalue weighted by Crippen LogP contribution is 2.09. The van der Waals surface area contributed by atoms with Crippen molar-refractivity contribution in [2.75, 3.05) is 39.3 Å². The van der Waals surface area contributed by atoms with Crippen molar-refractivity contribution in [1.82, 2.24) is 14.8 Å². The molecule has 5 heteroatoms. The molecule has 1 fully saturated rings. The van der Waals surface area contributed by atoms with Gasteiger partial charge in [-0.15, -0.1) is 0 Å². The minimum Gasteiger partial charge on any atom is -0.336 e.